The summed E-state index contributed by atoms with van der Waals surface area (Å²) in [6.45, 7) is 13.0. The summed E-state index contributed by atoms with van der Waals surface area (Å²) in [6.07, 6.45) is 2.15. The van der Waals surface area contributed by atoms with Gasteiger partial charge in [-0.15, -0.1) is 0 Å². The third-order valence-electron chi connectivity index (χ3n) is 3.78. The molecule has 1 amide bonds. The maximum absolute atomic E-state index is 12.4. The Morgan fingerprint density at radius 3 is 2.24 bits per heavy atom. The highest BCUT2D eigenvalue weighted by atomic mass is 16.2. The monoisotopic (exact) mass is 240 g/mol. The molecule has 1 rings (SSSR count). The van der Waals surface area contributed by atoms with E-state index < -0.39 is 0 Å². The van der Waals surface area contributed by atoms with Crippen LogP contribution in [0.15, 0.2) is 0 Å². The summed E-state index contributed by atoms with van der Waals surface area (Å²) >= 11 is 0. The topological polar surface area (TPSA) is 32.3 Å². The van der Waals surface area contributed by atoms with Crippen LogP contribution >= 0.6 is 0 Å². The van der Waals surface area contributed by atoms with Crippen molar-refractivity contribution in [2.45, 2.75) is 72.6 Å². The number of nitrogens with one attached hydrogen (secondary N) is 1. The van der Waals surface area contributed by atoms with Crippen molar-refractivity contribution in [1.82, 2.24) is 10.2 Å². The summed E-state index contributed by atoms with van der Waals surface area (Å²) < 4.78 is 0. The predicted octanol–water partition coefficient (Wildman–Crippen LogP) is 2.61. The molecule has 1 N–H and O–H groups in total. The summed E-state index contributed by atoms with van der Waals surface area (Å²) in [5, 5.41) is 3.48. The van der Waals surface area contributed by atoms with E-state index in [0.29, 0.717) is 23.8 Å². The average molecular weight is 240 g/mol. The molecule has 1 aliphatic rings. The zero-order valence-corrected chi connectivity index (χ0v) is 12.2. The highest BCUT2D eigenvalue weighted by molar-refractivity contribution is 5.84. The second-order valence-corrected chi connectivity index (χ2v) is 6.00. The molecular formula is C14H28N2O. The Morgan fingerprint density at radius 1 is 1.24 bits per heavy atom. The molecule has 3 nitrogen and oxygen atoms in total. The maximum Gasteiger partial charge on any atom is 0.241 e. The van der Waals surface area contributed by atoms with E-state index in [1.807, 2.05) is 0 Å². The van der Waals surface area contributed by atoms with Crippen molar-refractivity contribution in [1.29, 1.82) is 0 Å². The number of carbonyl (C=O) groups is 1. The molecule has 100 valence electrons. The Morgan fingerprint density at radius 2 is 1.82 bits per heavy atom. The molecule has 0 aromatic carbocycles. The van der Waals surface area contributed by atoms with E-state index in [0.717, 1.165) is 12.8 Å². The van der Waals surface area contributed by atoms with Crippen LogP contribution in [0, 0.1) is 11.8 Å². The molecule has 17 heavy (non-hydrogen) atoms. The minimum atomic E-state index is 0.0288. The summed E-state index contributed by atoms with van der Waals surface area (Å²) in [7, 11) is 0. The molecule has 1 fully saturated rings. The lowest BCUT2D eigenvalue weighted by atomic mass is 10.0. The predicted molar refractivity (Wildman–Crippen MR) is 71.6 cm³/mol. The molecule has 3 heteroatoms. The molecule has 3 unspecified atom stereocenters. The summed E-state index contributed by atoms with van der Waals surface area (Å²) in [5.41, 5.74) is 0. The van der Waals surface area contributed by atoms with Gasteiger partial charge in [-0.3, -0.25) is 10.1 Å². The molecule has 0 spiro atoms. The van der Waals surface area contributed by atoms with Crippen LogP contribution in [0.1, 0.15) is 54.4 Å². The van der Waals surface area contributed by atoms with Crippen LogP contribution < -0.4 is 5.32 Å². The Kier molecular flexibility index (Phi) is 4.99. The third-order valence-corrected chi connectivity index (χ3v) is 3.78. The first-order chi connectivity index (χ1) is 7.88. The highest BCUT2D eigenvalue weighted by Crippen LogP contribution is 2.24. The van der Waals surface area contributed by atoms with Crippen LogP contribution in [0.5, 0.6) is 0 Å². The number of carbonyl (C=O) groups excluding carboxylic acids is 1. The highest BCUT2D eigenvalue weighted by Gasteiger charge is 2.40. The first kappa shape index (κ1) is 14.5. The largest absolute Gasteiger partial charge is 0.323 e. The second kappa shape index (κ2) is 5.85. The molecule has 0 aromatic heterocycles. The van der Waals surface area contributed by atoms with Gasteiger partial charge in [-0.05, 0) is 31.6 Å². The SMILES string of the molecule is CCC1NC(CC(C)C)C(=O)N1C(C)C(C)C. The molecule has 0 aliphatic carbocycles. The minimum Gasteiger partial charge on any atom is -0.323 e. The quantitative estimate of drug-likeness (QED) is 0.801. The van der Waals surface area contributed by atoms with Crippen molar-refractivity contribution in [3.8, 4) is 0 Å². The van der Waals surface area contributed by atoms with Crippen LogP contribution in [0.3, 0.4) is 0 Å². The van der Waals surface area contributed by atoms with E-state index in [4.69, 9.17) is 0 Å². The first-order valence-corrected chi connectivity index (χ1v) is 6.96. The maximum atomic E-state index is 12.4. The van der Waals surface area contributed by atoms with Gasteiger partial charge in [-0.1, -0.05) is 34.6 Å². The number of hydrogen-bond donors (Lipinski definition) is 1. The lowest BCUT2D eigenvalue weighted by molar-refractivity contribution is -0.133. The van der Waals surface area contributed by atoms with Crippen LogP contribution in [-0.2, 0) is 4.79 Å². The first-order valence-electron chi connectivity index (χ1n) is 6.96. The lowest BCUT2D eigenvalue weighted by Crippen LogP contribution is -2.45. The average Bonchev–Trinajstić information content (AvgIpc) is 2.54. The van der Waals surface area contributed by atoms with Gasteiger partial charge in [0.1, 0.15) is 0 Å². The normalized spacial score (nSPS) is 27.3. The fourth-order valence-corrected chi connectivity index (χ4v) is 2.48. The molecule has 1 saturated heterocycles. The van der Waals surface area contributed by atoms with Crippen LogP contribution in [-0.4, -0.2) is 29.1 Å². The van der Waals surface area contributed by atoms with Gasteiger partial charge in [-0.25, -0.2) is 0 Å². The van der Waals surface area contributed by atoms with Crippen molar-refractivity contribution < 1.29 is 4.79 Å². The summed E-state index contributed by atoms with van der Waals surface area (Å²) in [6, 6.07) is 0.346. The molecule has 0 bridgehead atoms. The Bertz CT molecular complexity index is 263. The van der Waals surface area contributed by atoms with E-state index in [1.54, 1.807) is 0 Å². The van der Waals surface area contributed by atoms with E-state index in [-0.39, 0.29) is 12.2 Å². The van der Waals surface area contributed by atoms with Gasteiger partial charge in [0.25, 0.3) is 0 Å². The van der Waals surface area contributed by atoms with Crippen molar-refractivity contribution >= 4 is 5.91 Å². The third kappa shape index (κ3) is 3.21. The van der Waals surface area contributed by atoms with Crippen LogP contribution in [0.25, 0.3) is 0 Å². The zero-order valence-electron chi connectivity index (χ0n) is 12.2. The second-order valence-electron chi connectivity index (χ2n) is 6.00. The molecule has 0 aromatic rings. The molecule has 1 aliphatic heterocycles. The van der Waals surface area contributed by atoms with Gasteiger partial charge in [0, 0.05) is 6.04 Å². The Labute approximate surface area is 106 Å². The molecule has 0 radical (unpaired) electrons. The number of amides is 1. The van der Waals surface area contributed by atoms with Gasteiger partial charge in [-0.2, -0.15) is 0 Å². The minimum absolute atomic E-state index is 0.0288. The van der Waals surface area contributed by atoms with Gasteiger partial charge < -0.3 is 4.90 Å². The summed E-state index contributed by atoms with van der Waals surface area (Å²) in [4.78, 5) is 14.5. The van der Waals surface area contributed by atoms with Gasteiger partial charge in [0.05, 0.1) is 12.2 Å². The standard InChI is InChI=1S/C14H28N2O/c1-7-13-15-12(8-9(2)3)14(17)16(13)11(6)10(4)5/h9-13,15H,7-8H2,1-6H3. The van der Waals surface area contributed by atoms with Crippen LogP contribution in [0.4, 0.5) is 0 Å². The lowest BCUT2D eigenvalue weighted by Gasteiger charge is -2.32. The van der Waals surface area contributed by atoms with Crippen LogP contribution in [0.2, 0.25) is 0 Å². The zero-order chi connectivity index (χ0) is 13.2. The van der Waals surface area contributed by atoms with Crippen molar-refractivity contribution in [2.24, 2.45) is 11.8 Å². The number of hydrogen-bond acceptors (Lipinski definition) is 2. The Balaban J connectivity index is 2.78. The van der Waals surface area contributed by atoms with Gasteiger partial charge in [0.15, 0.2) is 0 Å². The molecular weight excluding hydrogens is 212 g/mol. The van der Waals surface area contributed by atoms with Crippen molar-refractivity contribution in [3.63, 3.8) is 0 Å². The Hall–Kier alpha value is -0.570. The number of nitrogens with zero attached hydrogens (tertiary/aromatic N) is 1. The smallest absolute Gasteiger partial charge is 0.241 e. The molecule has 0 saturated carbocycles. The van der Waals surface area contributed by atoms with Gasteiger partial charge >= 0.3 is 0 Å². The fourth-order valence-electron chi connectivity index (χ4n) is 2.48. The van der Waals surface area contributed by atoms with E-state index in [9.17, 15) is 4.79 Å². The van der Waals surface area contributed by atoms with E-state index in [1.165, 1.54) is 0 Å². The van der Waals surface area contributed by atoms with Crippen molar-refractivity contribution in [2.75, 3.05) is 0 Å². The van der Waals surface area contributed by atoms with Gasteiger partial charge in [0.2, 0.25) is 5.91 Å². The van der Waals surface area contributed by atoms with Crippen molar-refractivity contribution in [3.05, 3.63) is 0 Å². The molecule has 1 heterocycles. The van der Waals surface area contributed by atoms with E-state index >= 15 is 0 Å². The summed E-state index contributed by atoms with van der Waals surface area (Å²) in [5.74, 6) is 1.36. The fraction of sp³-hybridized carbons (Fsp3) is 0.929. The molecule has 3 atom stereocenters. The van der Waals surface area contributed by atoms with E-state index in [2.05, 4.69) is 51.8 Å². The number of rotatable bonds is 5.